The van der Waals surface area contributed by atoms with Crippen LogP contribution < -0.4 is 10.1 Å². The van der Waals surface area contributed by atoms with Crippen LogP contribution in [0.25, 0.3) is 16.9 Å². The summed E-state index contributed by atoms with van der Waals surface area (Å²) in [6.07, 6.45) is 3.40. The van der Waals surface area contributed by atoms with Crippen LogP contribution in [0.15, 0.2) is 119 Å². The Hall–Kier alpha value is -4.73. The Labute approximate surface area is 237 Å². The molecule has 5 rings (SSSR count). The normalized spacial score (nSPS) is 11.4. The van der Waals surface area contributed by atoms with Gasteiger partial charge in [-0.1, -0.05) is 59.6 Å². The van der Waals surface area contributed by atoms with Gasteiger partial charge >= 0.3 is 0 Å². The summed E-state index contributed by atoms with van der Waals surface area (Å²) >= 11 is 5.84. The van der Waals surface area contributed by atoms with Crippen LogP contribution in [-0.2, 0) is 10.0 Å². The molecule has 1 heterocycles. The molecule has 0 spiro atoms. The lowest BCUT2D eigenvalue weighted by Crippen LogP contribution is -2.18. The van der Waals surface area contributed by atoms with Crippen LogP contribution in [0.1, 0.15) is 21.5 Å². The molecule has 0 radical (unpaired) electrons. The van der Waals surface area contributed by atoms with E-state index in [0.29, 0.717) is 16.3 Å². The zero-order valence-corrected chi connectivity index (χ0v) is 22.9. The first-order valence-corrected chi connectivity index (χ1v) is 14.1. The monoisotopic (exact) mass is 569 g/mol. The largest absolute Gasteiger partial charge is 0.280 e. The summed E-state index contributed by atoms with van der Waals surface area (Å²) in [5.74, 6) is -0.448. The molecule has 40 heavy (non-hydrogen) atoms. The van der Waals surface area contributed by atoms with Crippen LogP contribution in [0, 0.1) is 6.92 Å². The Balaban J connectivity index is 1.30. The second-order valence-corrected chi connectivity index (χ2v) is 11.0. The van der Waals surface area contributed by atoms with E-state index in [2.05, 4.69) is 15.2 Å². The quantitative estimate of drug-likeness (QED) is 0.175. The molecule has 2 N–H and O–H groups in total. The number of amides is 1. The topological polar surface area (TPSA) is 105 Å². The van der Waals surface area contributed by atoms with Crippen molar-refractivity contribution in [2.45, 2.75) is 11.8 Å². The molecule has 0 saturated carbocycles. The molecule has 0 bridgehead atoms. The summed E-state index contributed by atoms with van der Waals surface area (Å²) in [5, 5.41) is 9.35. The van der Waals surface area contributed by atoms with Crippen LogP contribution >= 0.6 is 11.6 Å². The summed E-state index contributed by atoms with van der Waals surface area (Å²) in [6, 6.07) is 29.6. The molecule has 0 unspecified atom stereocenters. The van der Waals surface area contributed by atoms with Gasteiger partial charge in [-0.2, -0.15) is 10.2 Å². The van der Waals surface area contributed by atoms with Crippen LogP contribution in [0.5, 0.6) is 0 Å². The van der Waals surface area contributed by atoms with E-state index >= 15 is 0 Å². The van der Waals surface area contributed by atoms with Crippen LogP contribution in [0.4, 0.5) is 5.69 Å². The van der Waals surface area contributed by atoms with E-state index in [4.69, 9.17) is 16.7 Å². The number of aromatic nitrogens is 2. The maximum Gasteiger partial charge on any atom is 0.271 e. The second-order valence-electron chi connectivity index (χ2n) is 8.92. The van der Waals surface area contributed by atoms with E-state index in [9.17, 15) is 13.2 Å². The third-order valence-corrected chi connectivity index (χ3v) is 7.63. The molecule has 0 atom stereocenters. The van der Waals surface area contributed by atoms with Crippen LogP contribution in [-0.4, -0.2) is 30.3 Å². The standard InChI is InChI=1S/C30H24ClN5O3S/c1-21-7-9-22(10-8-21)29-24(20-36(34-29)27-5-3-2-4-6-27)19-32-33-30(37)23-11-15-26(16-12-23)35-40(38,39)28-17-13-25(31)14-18-28/h2-20,35H,1H3,(H,33,37)/b32-19+. The number of aryl methyl sites for hydroxylation is 1. The van der Waals surface area contributed by atoms with Crippen molar-refractivity contribution in [1.82, 2.24) is 15.2 Å². The molecular formula is C30H24ClN5O3S. The fourth-order valence-electron chi connectivity index (χ4n) is 3.87. The highest BCUT2D eigenvalue weighted by Gasteiger charge is 2.15. The van der Waals surface area contributed by atoms with Crippen molar-refractivity contribution in [3.63, 3.8) is 0 Å². The predicted octanol–water partition coefficient (Wildman–Crippen LogP) is 6.07. The van der Waals surface area contributed by atoms with Gasteiger partial charge in [-0.05, 0) is 67.6 Å². The lowest BCUT2D eigenvalue weighted by Gasteiger charge is -2.08. The number of carbonyl (C=O) groups is 1. The summed E-state index contributed by atoms with van der Waals surface area (Å²) < 4.78 is 29.4. The summed E-state index contributed by atoms with van der Waals surface area (Å²) in [6.45, 7) is 2.02. The molecule has 200 valence electrons. The number of rotatable bonds is 8. The number of anilines is 1. The zero-order chi connectivity index (χ0) is 28.1. The molecule has 0 aliphatic carbocycles. The minimum atomic E-state index is -3.80. The Bertz CT molecular complexity index is 1770. The number of para-hydroxylation sites is 1. The number of nitrogens with zero attached hydrogens (tertiary/aromatic N) is 3. The van der Waals surface area contributed by atoms with Crippen molar-refractivity contribution in [2.75, 3.05) is 4.72 Å². The van der Waals surface area contributed by atoms with Crippen LogP contribution in [0.3, 0.4) is 0 Å². The lowest BCUT2D eigenvalue weighted by molar-refractivity contribution is 0.0955. The smallest absolute Gasteiger partial charge is 0.271 e. The molecule has 4 aromatic carbocycles. The van der Waals surface area contributed by atoms with Crippen molar-refractivity contribution in [2.24, 2.45) is 5.10 Å². The van der Waals surface area contributed by atoms with Gasteiger partial charge in [-0.3, -0.25) is 9.52 Å². The van der Waals surface area contributed by atoms with Gasteiger partial charge in [0.05, 0.1) is 16.8 Å². The van der Waals surface area contributed by atoms with Gasteiger partial charge in [0.15, 0.2) is 0 Å². The van der Waals surface area contributed by atoms with E-state index in [-0.39, 0.29) is 4.90 Å². The van der Waals surface area contributed by atoms with E-state index in [1.165, 1.54) is 48.5 Å². The van der Waals surface area contributed by atoms with Gasteiger partial charge in [0.25, 0.3) is 15.9 Å². The van der Waals surface area contributed by atoms with Crippen molar-refractivity contribution in [3.05, 3.63) is 131 Å². The number of hydrogen-bond donors (Lipinski definition) is 2. The number of hydrogen-bond acceptors (Lipinski definition) is 5. The van der Waals surface area contributed by atoms with Gasteiger partial charge in [-0.15, -0.1) is 0 Å². The Morgan fingerprint density at radius 2 is 1.57 bits per heavy atom. The van der Waals surface area contributed by atoms with Gasteiger partial charge < -0.3 is 0 Å². The van der Waals surface area contributed by atoms with Gasteiger partial charge in [0.2, 0.25) is 0 Å². The van der Waals surface area contributed by atoms with E-state index < -0.39 is 15.9 Å². The second kappa shape index (κ2) is 11.6. The number of hydrazone groups is 1. The average Bonchev–Trinajstić information content (AvgIpc) is 3.38. The maximum atomic E-state index is 12.7. The van der Waals surface area contributed by atoms with Gasteiger partial charge in [0.1, 0.15) is 5.69 Å². The number of carbonyl (C=O) groups excluding carboxylic acids is 1. The molecule has 8 nitrogen and oxygen atoms in total. The van der Waals surface area contributed by atoms with Crippen molar-refractivity contribution >= 4 is 39.4 Å². The third kappa shape index (κ3) is 6.28. The molecule has 0 aliphatic heterocycles. The molecule has 0 fully saturated rings. The summed E-state index contributed by atoms with van der Waals surface area (Å²) in [4.78, 5) is 12.8. The molecule has 1 amide bonds. The average molecular weight is 570 g/mol. The third-order valence-electron chi connectivity index (χ3n) is 5.98. The fourth-order valence-corrected chi connectivity index (χ4v) is 5.06. The molecule has 0 saturated heterocycles. The summed E-state index contributed by atoms with van der Waals surface area (Å²) in [7, 11) is -3.80. The van der Waals surface area contributed by atoms with E-state index in [0.717, 1.165) is 28.1 Å². The number of halogens is 1. The first-order valence-electron chi connectivity index (χ1n) is 12.2. The zero-order valence-electron chi connectivity index (χ0n) is 21.3. The highest BCUT2D eigenvalue weighted by molar-refractivity contribution is 7.92. The Morgan fingerprint density at radius 1 is 0.900 bits per heavy atom. The molecule has 1 aromatic heterocycles. The minimum Gasteiger partial charge on any atom is -0.280 e. The first kappa shape index (κ1) is 26.9. The molecule has 0 aliphatic rings. The van der Waals surface area contributed by atoms with Gasteiger partial charge in [0, 0.05) is 33.6 Å². The number of benzene rings is 4. The molecule has 5 aromatic rings. The Kier molecular flexibility index (Phi) is 7.77. The highest BCUT2D eigenvalue weighted by Crippen LogP contribution is 2.23. The Morgan fingerprint density at radius 3 is 2.25 bits per heavy atom. The first-order chi connectivity index (χ1) is 19.3. The maximum absolute atomic E-state index is 12.7. The van der Waals surface area contributed by atoms with Crippen molar-refractivity contribution in [3.8, 4) is 16.9 Å². The fraction of sp³-hybridized carbons (Fsp3) is 0.0333. The van der Waals surface area contributed by atoms with E-state index in [1.807, 2.05) is 67.7 Å². The molecule has 10 heteroatoms. The highest BCUT2D eigenvalue weighted by atomic mass is 35.5. The minimum absolute atomic E-state index is 0.0775. The van der Waals surface area contributed by atoms with Gasteiger partial charge in [-0.25, -0.2) is 18.5 Å². The number of sulfonamides is 1. The van der Waals surface area contributed by atoms with Crippen molar-refractivity contribution in [1.29, 1.82) is 0 Å². The molecular weight excluding hydrogens is 546 g/mol. The SMILES string of the molecule is Cc1ccc(-c2nn(-c3ccccc3)cc2/C=N/NC(=O)c2ccc(NS(=O)(=O)c3ccc(Cl)cc3)cc2)cc1. The van der Waals surface area contributed by atoms with Crippen molar-refractivity contribution < 1.29 is 13.2 Å². The van der Waals surface area contributed by atoms with Crippen LogP contribution in [0.2, 0.25) is 5.02 Å². The number of nitrogens with one attached hydrogen (secondary N) is 2. The van der Waals surface area contributed by atoms with E-state index in [1.54, 1.807) is 10.9 Å². The predicted molar refractivity (Wildman–Crippen MR) is 157 cm³/mol. The summed E-state index contributed by atoms with van der Waals surface area (Å²) in [5.41, 5.74) is 7.54. The lowest BCUT2D eigenvalue weighted by atomic mass is 10.1.